The van der Waals surface area contributed by atoms with Crippen LogP contribution < -0.4 is 15.4 Å². The molecule has 1 aliphatic rings. The van der Waals surface area contributed by atoms with Gasteiger partial charge in [0, 0.05) is 17.8 Å². The third kappa shape index (κ3) is 3.95. The zero-order valence-corrected chi connectivity index (χ0v) is 14.4. The first kappa shape index (κ1) is 16.8. The number of rotatable bonds is 5. The van der Waals surface area contributed by atoms with E-state index in [1.807, 2.05) is 36.4 Å². The summed E-state index contributed by atoms with van der Waals surface area (Å²) in [5.41, 5.74) is 3.29. The molecule has 27 heavy (non-hydrogen) atoms. The molecule has 4 rings (SSSR count). The number of aromatic nitrogens is 3. The van der Waals surface area contributed by atoms with E-state index >= 15 is 0 Å². The van der Waals surface area contributed by atoms with E-state index in [0.717, 1.165) is 16.9 Å². The van der Waals surface area contributed by atoms with Gasteiger partial charge in [-0.05, 0) is 42.3 Å². The first-order valence-corrected chi connectivity index (χ1v) is 8.50. The summed E-state index contributed by atoms with van der Waals surface area (Å²) in [7, 11) is 0. The number of amides is 2. The van der Waals surface area contributed by atoms with Crippen LogP contribution in [0.15, 0.2) is 54.9 Å². The van der Waals surface area contributed by atoms with E-state index < -0.39 is 0 Å². The summed E-state index contributed by atoms with van der Waals surface area (Å²) in [5, 5.41) is 9.77. The van der Waals surface area contributed by atoms with Gasteiger partial charge >= 0.3 is 6.01 Å². The minimum atomic E-state index is -0.314. The Morgan fingerprint density at radius 3 is 2.89 bits per heavy atom. The topological polar surface area (TPSA) is 98.1 Å². The highest BCUT2D eigenvalue weighted by molar-refractivity contribution is 5.96. The Morgan fingerprint density at radius 1 is 1.19 bits per heavy atom. The molecule has 8 nitrogen and oxygen atoms in total. The van der Waals surface area contributed by atoms with E-state index in [2.05, 4.69) is 20.7 Å². The smallest absolute Gasteiger partial charge is 0.336 e. The second kappa shape index (κ2) is 7.28. The fourth-order valence-electron chi connectivity index (χ4n) is 2.81. The van der Waals surface area contributed by atoms with Gasteiger partial charge in [-0.25, -0.2) is 4.68 Å². The molecule has 2 N–H and O–H groups in total. The Balaban J connectivity index is 1.34. The third-order valence-electron chi connectivity index (χ3n) is 4.11. The van der Waals surface area contributed by atoms with Crippen LogP contribution in [0.4, 0.5) is 11.4 Å². The van der Waals surface area contributed by atoms with E-state index in [1.54, 1.807) is 16.8 Å². The number of carbonyl (C=O) groups excluding carboxylic acids is 2. The van der Waals surface area contributed by atoms with Crippen molar-refractivity contribution in [1.29, 1.82) is 0 Å². The van der Waals surface area contributed by atoms with Gasteiger partial charge in [0.05, 0.1) is 5.69 Å². The van der Waals surface area contributed by atoms with E-state index in [0.29, 0.717) is 18.5 Å². The standard InChI is InChI=1S/C19H17N5O3/c25-17-9-6-13-10-14(7-8-16(13)22-17)21-18(26)11-27-19-20-12-24(23-19)15-4-2-1-3-5-15/h1-5,7-8,10,12H,6,9,11H2,(H,21,26)(H,22,25). The van der Waals surface area contributed by atoms with Gasteiger partial charge < -0.3 is 15.4 Å². The maximum absolute atomic E-state index is 12.1. The van der Waals surface area contributed by atoms with E-state index in [9.17, 15) is 9.59 Å². The van der Waals surface area contributed by atoms with Crippen molar-refractivity contribution in [2.24, 2.45) is 0 Å². The van der Waals surface area contributed by atoms with Crippen molar-refractivity contribution in [3.8, 4) is 11.7 Å². The molecule has 0 aliphatic carbocycles. The zero-order valence-electron chi connectivity index (χ0n) is 14.4. The molecule has 136 valence electrons. The molecule has 2 heterocycles. The molecule has 0 saturated carbocycles. The lowest BCUT2D eigenvalue weighted by Gasteiger charge is -2.17. The molecule has 1 aromatic heterocycles. The number of ether oxygens (including phenoxy) is 1. The summed E-state index contributed by atoms with van der Waals surface area (Å²) in [6.07, 6.45) is 2.63. The van der Waals surface area contributed by atoms with Gasteiger partial charge in [0.25, 0.3) is 5.91 Å². The third-order valence-corrected chi connectivity index (χ3v) is 4.11. The van der Waals surface area contributed by atoms with Gasteiger partial charge in [0.2, 0.25) is 5.91 Å². The highest BCUT2D eigenvalue weighted by Crippen LogP contribution is 2.25. The molecule has 0 radical (unpaired) electrons. The normalized spacial score (nSPS) is 12.8. The molecule has 0 spiro atoms. The quantitative estimate of drug-likeness (QED) is 0.724. The van der Waals surface area contributed by atoms with Crippen molar-refractivity contribution in [3.63, 3.8) is 0 Å². The van der Waals surface area contributed by atoms with Crippen molar-refractivity contribution in [1.82, 2.24) is 14.8 Å². The molecule has 0 bridgehead atoms. The Morgan fingerprint density at radius 2 is 2.04 bits per heavy atom. The fourth-order valence-corrected chi connectivity index (χ4v) is 2.81. The molecular weight excluding hydrogens is 346 g/mol. The summed E-state index contributed by atoms with van der Waals surface area (Å²) < 4.78 is 6.93. The summed E-state index contributed by atoms with van der Waals surface area (Å²) in [6, 6.07) is 15.0. The van der Waals surface area contributed by atoms with Crippen LogP contribution in [0.1, 0.15) is 12.0 Å². The summed E-state index contributed by atoms with van der Waals surface area (Å²) in [5.74, 6) is -0.305. The largest absolute Gasteiger partial charge is 0.452 e. The lowest BCUT2D eigenvalue weighted by molar-refractivity contribution is -0.118. The van der Waals surface area contributed by atoms with Gasteiger partial charge in [-0.1, -0.05) is 18.2 Å². The van der Waals surface area contributed by atoms with Gasteiger partial charge in [-0.3, -0.25) is 9.59 Å². The fraction of sp³-hybridized carbons (Fsp3) is 0.158. The molecule has 3 aromatic rings. The number of fused-ring (bicyclic) bond motifs is 1. The van der Waals surface area contributed by atoms with Crippen molar-refractivity contribution < 1.29 is 14.3 Å². The molecule has 0 atom stereocenters. The molecule has 2 amide bonds. The SMILES string of the molecule is O=C(COc1ncn(-c2ccccc2)n1)Nc1ccc2c(c1)CCC(=O)N2. The maximum Gasteiger partial charge on any atom is 0.336 e. The molecule has 0 fully saturated rings. The predicted molar refractivity (Wildman–Crippen MR) is 98.9 cm³/mol. The minimum absolute atomic E-state index is 0.00938. The Bertz CT molecular complexity index is 984. The van der Waals surface area contributed by atoms with Crippen molar-refractivity contribution in [2.75, 3.05) is 17.2 Å². The number of hydrogen-bond donors (Lipinski definition) is 2. The molecule has 0 saturated heterocycles. The molecular formula is C19H17N5O3. The van der Waals surface area contributed by atoms with Gasteiger partial charge in [0.1, 0.15) is 6.33 Å². The van der Waals surface area contributed by atoms with E-state index in [1.165, 1.54) is 6.33 Å². The average molecular weight is 363 g/mol. The lowest BCUT2D eigenvalue weighted by Crippen LogP contribution is -2.22. The summed E-state index contributed by atoms with van der Waals surface area (Å²) in [4.78, 5) is 27.6. The highest BCUT2D eigenvalue weighted by atomic mass is 16.5. The van der Waals surface area contributed by atoms with E-state index in [-0.39, 0.29) is 24.4 Å². The average Bonchev–Trinajstić information content (AvgIpc) is 3.16. The van der Waals surface area contributed by atoms with Crippen molar-refractivity contribution in [3.05, 3.63) is 60.4 Å². The Hall–Kier alpha value is -3.68. The van der Waals surface area contributed by atoms with Crippen LogP contribution in [0.5, 0.6) is 6.01 Å². The number of hydrogen-bond acceptors (Lipinski definition) is 5. The van der Waals surface area contributed by atoms with Crippen molar-refractivity contribution >= 4 is 23.2 Å². The first-order chi connectivity index (χ1) is 13.2. The van der Waals surface area contributed by atoms with Gasteiger partial charge in [-0.15, -0.1) is 5.10 Å². The Kier molecular flexibility index (Phi) is 4.52. The van der Waals surface area contributed by atoms with Gasteiger partial charge in [-0.2, -0.15) is 4.98 Å². The molecule has 0 unspecified atom stereocenters. The number of nitrogens with zero attached hydrogens (tertiary/aromatic N) is 3. The second-order valence-electron chi connectivity index (χ2n) is 6.06. The molecule has 8 heteroatoms. The number of carbonyl (C=O) groups is 2. The van der Waals surface area contributed by atoms with Crippen LogP contribution in [-0.4, -0.2) is 33.2 Å². The molecule has 2 aromatic carbocycles. The van der Waals surface area contributed by atoms with Crippen LogP contribution in [0.3, 0.4) is 0 Å². The maximum atomic E-state index is 12.1. The number of anilines is 2. The lowest BCUT2D eigenvalue weighted by atomic mass is 10.0. The zero-order chi connectivity index (χ0) is 18.6. The number of nitrogens with one attached hydrogen (secondary N) is 2. The monoisotopic (exact) mass is 363 g/mol. The highest BCUT2D eigenvalue weighted by Gasteiger charge is 2.15. The van der Waals surface area contributed by atoms with Gasteiger partial charge in [0.15, 0.2) is 6.61 Å². The summed E-state index contributed by atoms with van der Waals surface area (Å²) in [6.45, 7) is -0.202. The van der Waals surface area contributed by atoms with E-state index in [4.69, 9.17) is 4.74 Å². The number of aryl methyl sites for hydroxylation is 1. The predicted octanol–water partition coefficient (Wildman–Crippen LogP) is 2.17. The first-order valence-electron chi connectivity index (χ1n) is 8.50. The Labute approximate surface area is 155 Å². The van der Waals surface area contributed by atoms with Crippen LogP contribution in [0, 0.1) is 0 Å². The van der Waals surface area contributed by atoms with Crippen LogP contribution in [0.2, 0.25) is 0 Å². The van der Waals surface area contributed by atoms with Crippen LogP contribution in [-0.2, 0) is 16.0 Å². The van der Waals surface area contributed by atoms with Crippen LogP contribution >= 0.6 is 0 Å². The second-order valence-corrected chi connectivity index (χ2v) is 6.06. The minimum Gasteiger partial charge on any atom is -0.452 e. The number of para-hydroxylation sites is 1. The number of benzene rings is 2. The molecule has 1 aliphatic heterocycles. The van der Waals surface area contributed by atoms with Crippen LogP contribution in [0.25, 0.3) is 5.69 Å². The summed E-state index contributed by atoms with van der Waals surface area (Å²) >= 11 is 0. The van der Waals surface area contributed by atoms with Crippen molar-refractivity contribution in [2.45, 2.75) is 12.8 Å².